The van der Waals surface area contributed by atoms with Gasteiger partial charge in [0.2, 0.25) is 0 Å². The predicted octanol–water partition coefficient (Wildman–Crippen LogP) is 4.21. The van der Waals surface area contributed by atoms with Crippen LogP contribution in [-0.2, 0) is 4.74 Å². The lowest BCUT2D eigenvalue weighted by molar-refractivity contribution is 0.0530. The molecule has 0 atom stereocenters. The quantitative estimate of drug-likeness (QED) is 0.450. The molecule has 1 aromatic carbocycles. The van der Waals surface area contributed by atoms with Crippen LogP contribution in [0.4, 0.5) is 10.5 Å². The van der Waals surface area contributed by atoms with Crippen LogP contribution >= 0.6 is 11.6 Å². The van der Waals surface area contributed by atoms with Gasteiger partial charge in [-0.25, -0.2) is 14.8 Å². The number of hydrogen-bond donors (Lipinski definition) is 3. The van der Waals surface area contributed by atoms with Crippen LogP contribution in [-0.4, -0.2) is 39.7 Å². The highest BCUT2D eigenvalue weighted by Crippen LogP contribution is 2.27. The number of aromatic amines is 1. The molecule has 2 heterocycles. The van der Waals surface area contributed by atoms with Crippen molar-refractivity contribution in [2.24, 2.45) is 0 Å². The maximum Gasteiger partial charge on any atom is 0.407 e. The van der Waals surface area contributed by atoms with E-state index in [9.17, 15) is 4.79 Å². The van der Waals surface area contributed by atoms with E-state index in [1.54, 1.807) is 0 Å². The smallest absolute Gasteiger partial charge is 0.407 e. The molecular formula is C19H22ClN5O2. The summed E-state index contributed by atoms with van der Waals surface area (Å²) >= 11 is 6.09. The minimum absolute atomic E-state index is 0.416. The molecular weight excluding hydrogens is 366 g/mol. The first-order valence-corrected chi connectivity index (χ1v) is 9.00. The van der Waals surface area contributed by atoms with Crippen molar-refractivity contribution >= 4 is 34.4 Å². The molecule has 2 aromatic heterocycles. The van der Waals surface area contributed by atoms with Crippen molar-refractivity contribution in [1.82, 2.24) is 20.3 Å². The highest BCUT2D eigenvalue weighted by molar-refractivity contribution is 6.34. The summed E-state index contributed by atoms with van der Waals surface area (Å²) in [6.07, 6.45) is 1.02. The molecule has 0 aliphatic heterocycles. The third-order valence-corrected chi connectivity index (χ3v) is 4.00. The van der Waals surface area contributed by atoms with Gasteiger partial charge in [-0.2, -0.15) is 0 Å². The van der Waals surface area contributed by atoms with Crippen molar-refractivity contribution in [2.45, 2.75) is 26.4 Å². The molecule has 0 saturated carbocycles. The monoisotopic (exact) mass is 387 g/mol. The lowest BCUT2D eigenvalue weighted by Crippen LogP contribution is -2.34. The standard InChI is InChI=1S/C19H22ClN5O2/c1-19(2,3)27-18(26)22-9-8-21-13-6-4-12(5-7-13)15-10-14-16(20)23-11-24-17(14)25-15/h4-7,10-11,21H,8-9H2,1-3H3,(H,22,26)(H,23,24,25). The third kappa shape index (κ3) is 5.10. The summed E-state index contributed by atoms with van der Waals surface area (Å²) in [5.74, 6) is 0. The van der Waals surface area contributed by atoms with Gasteiger partial charge in [-0.15, -0.1) is 0 Å². The van der Waals surface area contributed by atoms with Crippen LogP contribution in [0, 0.1) is 0 Å². The number of alkyl carbamates (subject to hydrolysis) is 1. The first-order valence-electron chi connectivity index (χ1n) is 8.62. The Hall–Kier alpha value is -2.80. The largest absolute Gasteiger partial charge is 0.444 e. The van der Waals surface area contributed by atoms with Gasteiger partial charge in [0.1, 0.15) is 22.7 Å². The Bertz CT molecular complexity index is 931. The normalized spacial score (nSPS) is 11.4. The Morgan fingerprint density at radius 2 is 1.93 bits per heavy atom. The molecule has 1 amide bonds. The third-order valence-electron chi connectivity index (χ3n) is 3.70. The summed E-state index contributed by atoms with van der Waals surface area (Å²) in [5.41, 5.74) is 3.11. The Labute approximate surface area is 162 Å². The van der Waals surface area contributed by atoms with Crippen LogP contribution in [0.3, 0.4) is 0 Å². The summed E-state index contributed by atoms with van der Waals surface area (Å²) in [6.45, 7) is 6.56. The number of rotatable bonds is 5. The fourth-order valence-corrected chi connectivity index (χ4v) is 2.71. The molecule has 142 valence electrons. The number of H-pyrrole nitrogens is 1. The Balaban J connectivity index is 1.54. The van der Waals surface area contributed by atoms with E-state index in [0.29, 0.717) is 23.9 Å². The van der Waals surface area contributed by atoms with E-state index in [2.05, 4.69) is 25.6 Å². The first-order chi connectivity index (χ1) is 12.8. The summed E-state index contributed by atoms with van der Waals surface area (Å²) < 4.78 is 5.19. The summed E-state index contributed by atoms with van der Waals surface area (Å²) in [6, 6.07) is 9.87. The van der Waals surface area contributed by atoms with E-state index < -0.39 is 11.7 Å². The Morgan fingerprint density at radius 1 is 1.19 bits per heavy atom. The van der Waals surface area contributed by atoms with Crippen LogP contribution in [0.15, 0.2) is 36.7 Å². The highest BCUT2D eigenvalue weighted by atomic mass is 35.5. The number of carbonyl (C=O) groups excluding carboxylic acids is 1. The Morgan fingerprint density at radius 3 is 2.59 bits per heavy atom. The number of amides is 1. The molecule has 3 aromatic rings. The molecule has 0 aliphatic carbocycles. The zero-order chi connectivity index (χ0) is 19.4. The first kappa shape index (κ1) is 19.0. The van der Waals surface area contributed by atoms with Gasteiger partial charge < -0.3 is 20.4 Å². The second-order valence-corrected chi connectivity index (χ2v) is 7.40. The minimum Gasteiger partial charge on any atom is -0.444 e. The number of nitrogens with zero attached hydrogens (tertiary/aromatic N) is 2. The molecule has 0 saturated heterocycles. The molecule has 0 unspecified atom stereocenters. The van der Waals surface area contributed by atoms with E-state index in [1.807, 2.05) is 51.1 Å². The van der Waals surface area contributed by atoms with Crippen LogP contribution in [0.25, 0.3) is 22.3 Å². The number of anilines is 1. The van der Waals surface area contributed by atoms with E-state index in [0.717, 1.165) is 22.3 Å². The second-order valence-electron chi connectivity index (χ2n) is 7.04. The molecule has 7 nitrogen and oxygen atoms in total. The number of halogens is 1. The molecule has 0 aliphatic rings. The van der Waals surface area contributed by atoms with Crippen molar-refractivity contribution in [1.29, 1.82) is 0 Å². The van der Waals surface area contributed by atoms with Gasteiger partial charge in [-0.1, -0.05) is 23.7 Å². The lowest BCUT2D eigenvalue weighted by atomic mass is 10.1. The average molecular weight is 388 g/mol. The topological polar surface area (TPSA) is 91.9 Å². The minimum atomic E-state index is -0.494. The number of hydrogen-bond acceptors (Lipinski definition) is 5. The van der Waals surface area contributed by atoms with Gasteiger partial charge in [0.05, 0.1) is 5.39 Å². The molecule has 0 radical (unpaired) electrons. The summed E-state index contributed by atoms with van der Waals surface area (Å²) in [4.78, 5) is 23.0. The average Bonchev–Trinajstić information content (AvgIpc) is 3.03. The highest BCUT2D eigenvalue weighted by Gasteiger charge is 2.15. The van der Waals surface area contributed by atoms with Crippen molar-refractivity contribution in [3.8, 4) is 11.3 Å². The van der Waals surface area contributed by atoms with Crippen molar-refractivity contribution < 1.29 is 9.53 Å². The molecule has 27 heavy (non-hydrogen) atoms. The zero-order valence-corrected chi connectivity index (χ0v) is 16.2. The maximum absolute atomic E-state index is 11.6. The van der Waals surface area contributed by atoms with Gasteiger partial charge in [0, 0.05) is 24.5 Å². The molecule has 0 fully saturated rings. The Kier molecular flexibility index (Phi) is 5.51. The number of nitrogens with one attached hydrogen (secondary N) is 3. The fraction of sp³-hybridized carbons (Fsp3) is 0.316. The summed E-state index contributed by atoms with van der Waals surface area (Å²) in [5, 5.41) is 7.19. The van der Waals surface area contributed by atoms with E-state index in [4.69, 9.17) is 16.3 Å². The summed E-state index contributed by atoms with van der Waals surface area (Å²) in [7, 11) is 0. The maximum atomic E-state index is 11.6. The number of carbonyl (C=O) groups is 1. The van der Waals surface area contributed by atoms with Crippen LogP contribution < -0.4 is 10.6 Å². The molecule has 8 heteroatoms. The fourth-order valence-electron chi connectivity index (χ4n) is 2.52. The second kappa shape index (κ2) is 7.84. The molecule has 0 spiro atoms. The van der Waals surface area contributed by atoms with Crippen LogP contribution in [0.2, 0.25) is 5.15 Å². The van der Waals surface area contributed by atoms with Crippen molar-refractivity contribution in [2.75, 3.05) is 18.4 Å². The van der Waals surface area contributed by atoms with E-state index in [1.165, 1.54) is 6.33 Å². The number of ether oxygens (including phenoxy) is 1. The van der Waals surface area contributed by atoms with Crippen LogP contribution in [0.5, 0.6) is 0 Å². The van der Waals surface area contributed by atoms with Crippen molar-refractivity contribution in [3.05, 3.63) is 41.8 Å². The van der Waals surface area contributed by atoms with E-state index >= 15 is 0 Å². The van der Waals surface area contributed by atoms with Gasteiger partial charge in [0.15, 0.2) is 0 Å². The van der Waals surface area contributed by atoms with Gasteiger partial charge in [-0.05, 0) is 44.5 Å². The van der Waals surface area contributed by atoms with Crippen molar-refractivity contribution in [3.63, 3.8) is 0 Å². The molecule has 0 bridgehead atoms. The molecule has 3 N–H and O–H groups in total. The predicted molar refractivity (Wildman–Crippen MR) is 107 cm³/mol. The SMILES string of the molecule is CC(C)(C)OC(=O)NCCNc1ccc(-c2cc3c(Cl)ncnc3[nH]2)cc1. The number of benzene rings is 1. The zero-order valence-electron chi connectivity index (χ0n) is 15.5. The van der Waals surface area contributed by atoms with Gasteiger partial charge in [-0.3, -0.25) is 0 Å². The van der Waals surface area contributed by atoms with Gasteiger partial charge >= 0.3 is 6.09 Å². The molecule has 3 rings (SSSR count). The lowest BCUT2D eigenvalue weighted by Gasteiger charge is -2.19. The van der Waals surface area contributed by atoms with E-state index in [-0.39, 0.29) is 0 Å². The number of fused-ring (bicyclic) bond motifs is 1. The number of aromatic nitrogens is 3. The van der Waals surface area contributed by atoms with Crippen LogP contribution in [0.1, 0.15) is 20.8 Å². The van der Waals surface area contributed by atoms with Gasteiger partial charge in [0.25, 0.3) is 0 Å².